The van der Waals surface area contributed by atoms with Crippen LogP contribution in [0.1, 0.15) is 21.5 Å². The van der Waals surface area contributed by atoms with Crippen molar-refractivity contribution in [2.75, 3.05) is 13.1 Å². The van der Waals surface area contributed by atoms with Gasteiger partial charge in [-0.2, -0.15) is 0 Å². The standard InChI is InChI=1S/C26H19Br2NO2/c27-23-10-4-6-18(14-23)12-21-16-29(26(31)20-8-2-1-3-9-20)17-22(25(21)30)13-19-7-5-11-24(28)15-19/h1-15H,16-17H2. The van der Waals surface area contributed by atoms with Crippen molar-refractivity contribution in [1.82, 2.24) is 4.90 Å². The van der Waals surface area contributed by atoms with Crippen LogP contribution in [0, 0.1) is 0 Å². The number of carbonyl (C=O) groups excluding carboxylic acids is 2. The molecule has 1 heterocycles. The van der Waals surface area contributed by atoms with Crippen LogP contribution in [-0.2, 0) is 4.79 Å². The second-order valence-corrected chi connectivity index (χ2v) is 9.14. The molecule has 0 radical (unpaired) electrons. The molecule has 4 rings (SSSR count). The van der Waals surface area contributed by atoms with Crippen LogP contribution in [0.25, 0.3) is 12.2 Å². The largest absolute Gasteiger partial charge is 0.330 e. The van der Waals surface area contributed by atoms with Gasteiger partial charge in [0, 0.05) is 25.7 Å². The van der Waals surface area contributed by atoms with Gasteiger partial charge in [0.25, 0.3) is 5.91 Å². The third-order valence-corrected chi connectivity index (χ3v) is 5.98. The van der Waals surface area contributed by atoms with Gasteiger partial charge >= 0.3 is 0 Å². The van der Waals surface area contributed by atoms with Gasteiger partial charge in [0.2, 0.25) is 0 Å². The fraction of sp³-hybridized carbons (Fsp3) is 0.0769. The van der Waals surface area contributed by atoms with E-state index in [1.165, 1.54) is 0 Å². The number of halogens is 2. The van der Waals surface area contributed by atoms with Crippen molar-refractivity contribution in [1.29, 1.82) is 0 Å². The van der Waals surface area contributed by atoms with Crippen molar-refractivity contribution in [2.24, 2.45) is 0 Å². The summed E-state index contributed by atoms with van der Waals surface area (Å²) in [4.78, 5) is 28.2. The fourth-order valence-corrected chi connectivity index (χ4v) is 4.38. The lowest BCUT2D eigenvalue weighted by molar-refractivity contribution is -0.113. The number of hydrogen-bond acceptors (Lipinski definition) is 2. The number of amides is 1. The molecule has 0 spiro atoms. The van der Waals surface area contributed by atoms with Crippen LogP contribution in [0.2, 0.25) is 0 Å². The number of Topliss-reactive ketones (excluding diaryl/α,β-unsaturated/α-hetero) is 1. The third-order valence-electron chi connectivity index (χ3n) is 4.99. The molecule has 1 aliphatic heterocycles. The highest BCUT2D eigenvalue weighted by molar-refractivity contribution is 9.10. The summed E-state index contributed by atoms with van der Waals surface area (Å²) in [5, 5.41) is 0. The normalized spacial score (nSPS) is 16.7. The minimum Gasteiger partial charge on any atom is -0.330 e. The predicted octanol–water partition coefficient (Wildman–Crippen LogP) is 6.40. The van der Waals surface area contributed by atoms with Crippen molar-refractivity contribution in [3.8, 4) is 0 Å². The molecule has 3 nitrogen and oxygen atoms in total. The zero-order chi connectivity index (χ0) is 21.8. The molecule has 0 atom stereocenters. The number of likely N-dealkylation sites (tertiary alicyclic amines) is 1. The molecule has 0 N–H and O–H groups in total. The smallest absolute Gasteiger partial charge is 0.254 e. The lowest BCUT2D eigenvalue weighted by Gasteiger charge is -2.30. The zero-order valence-electron chi connectivity index (χ0n) is 16.6. The molecule has 3 aromatic rings. The van der Waals surface area contributed by atoms with E-state index in [1.54, 1.807) is 17.0 Å². The molecular weight excluding hydrogens is 518 g/mol. The van der Waals surface area contributed by atoms with Gasteiger partial charge < -0.3 is 4.90 Å². The van der Waals surface area contributed by atoms with E-state index in [-0.39, 0.29) is 24.8 Å². The van der Waals surface area contributed by atoms with Crippen molar-refractivity contribution >= 4 is 55.7 Å². The fourth-order valence-electron chi connectivity index (χ4n) is 3.54. The highest BCUT2D eigenvalue weighted by Gasteiger charge is 2.29. The summed E-state index contributed by atoms with van der Waals surface area (Å²) < 4.78 is 1.87. The monoisotopic (exact) mass is 535 g/mol. The minimum absolute atomic E-state index is 0.0305. The number of rotatable bonds is 3. The Morgan fingerprint density at radius 3 is 1.74 bits per heavy atom. The molecule has 0 unspecified atom stereocenters. The zero-order valence-corrected chi connectivity index (χ0v) is 19.8. The van der Waals surface area contributed by atoms with Gasteiger partial charge in [0.15, 0.2) is 5.78 Å². The second kappa shape index (κ2) is 9.58. The molecular formula is C26H19Br2NO2. The highest BCUT2D eigenvalue weighted by atomic mass is 79.9. The molecule has 31 heavy (non-hydrogen) atoms. The quantitative estimate of drug-likeness (QED) is 0.363. The van der Waals surface area contributed by atoms with E-state index in [0.717, 1.165) is 20.1 Å². The number of ketones is 1. The number of hydrogen-bond donors (Lipinski definition) is 0. The molecule has 154 valence electrons. The second-order valence-electron chi connectivity index (χ2n) is 7.31. The molecule has 5 heteroatoms. The van der Waals surface area contributed by atoms with E-state index in [0.29, 0.717) is 16.7 Å². The van der Waals surface area contributed by atoms with Crippen LogP contribution in [-0.4, -0.2) is 29.7 Å². The molecule has 1 saturated heterocycles. The number of nitrogens with zero attached hydrogens (tertiary/aromatic N) is 1. The molecule has 0 aromatic heterocycles. The lowest BCUT2D eigenvalue weighted by atomic mass is 9.93. The number of benzene rings is 3. The van der Waals surface area contributed by atoms with Crippen molar-refractivity contribution < 1.29 is 9.59 Å². The van der Waals surface area contributed by atoms with E-state index in [1.807, 2.05) is 78.9 Å². The van der Waals surface area contributed by atoms with Gasteiger partial charge in [0.05, 0.1) is 13.1 Å². The van der Waals surface area contributed by atoms with Crippen LogP contribution in [0.4, 0.5) is 0 Å². The maximum Gasteiger partial charge on any atom is 0.254 e. The Kier molecular flexibility index (Phi) is 6.64. The topological polar surface area (TPSA) is 37.4 Å². The van der Waals surface area contributed by atoms with Gasteiger partial charge in [-0.25, -0.2) is 0 Å². The molecule has 1 fully saturated rings. The van der Waals surface area contributed by atoms with Crippen LogP contribution in [0.15, 0.2) is 99.0 Å². The first-order valence-electron chi connectivity index (χ1n) is 9.81. The van der Waals surface area contributed by atoms with Gasteiger partial charge in [-0.15, -0.1) is 0 Å². The van der Waals surface area contributed by atoms with Crippen molar-refractivity contribution in [3.63, 3.8) is 0 Å². The Labute approximate surface area is 198 Å². The van der Waals surface area contributed by atoms with Gasteiger partial charge in [0.1, 0.15) is 0 Å². The third kappa shape index (κ3) is 5.30. The Hall–Kier alpha value is -2.76. The number of piperidine rings is 1. The number of carbonyl (C=O) groups is 2. The summed E-state index contributed by atoms with van der Waals surface area (Å²) in [7, 11) is 0. The van der Waals surface area contributed by atoms with E-state index < -0.39 is 0 Å². The van der Waals surface area contributed by atoms with Crippen molar-refractivity contribution in [2.45, 2.75) is 0 Å². The van der Waals surface area contributed by atoms with Crippen LogP contribution in [0.5, 0.6) is 0 Å². The first kappa shape index (κ1) is 21.5. The molecule has 0 saturated carbocycles. The summed E-state index contributed by atoms with van der Waals surface area (Å²) in [6.45, 7) is 0.545. The maximum absolute atomic E-state index is 13.3. The molecule has 0 aliphatic carbocycles. The van der Waals surface area contributed by atoms with Gasteiger partial charge in [-0.05, 0) is 59.7 Å². The van der Waals surface area contributed by atoms with Gasteiger partial charge in [-0.3, -0.25) is 9.59 Å². The Bertz CT molecular complexity index is 1130. The summed E-state index contributed by atoms with van der Waals surface area (Å²) in [5.74, 6) is -0.120. The van der Waals surface area contributed by atoms with E-state index in [2.05, 4.69) is 31.9 Å². The predicted molar refractivity (Wildman–Crippen MR) is 132 cm³/mol. The van der Waals surface area contributed by atoms with Crippen LogP contribution >= 0.6 is 31.9 Å². The first-order valence-corrected chi connectivity index (χ1v) is 11.4. The van der Waals surface area contributed by atoms with Crippen LogP contribution in [0.3, 0.4) is 0 Å². The Morgan fingerprint density at radius 2 is 1.26 bits per heavy atom. The highest BCUT2D eigenvalue weighted by Crippen LogP contribution is 2.25. The SMILES string of the molecule is O=C1C(=Cc2cccc(Br)c2)CN(C(=O)c2ccccc2)CC1=Cc1cccc(Br)c1. The van der Waals surface area contributed by atoms with Crippen molar-refractivity contribution in [3.05, 3.63) is 116 Å². The minimum atomic E-state index is -0.0895. The summed E-state index contributed by atoms with van der Waals surface area (Å²) in [5.41, 5.74) is 3.62. The summed E-state index contributed by atoms with van der Waals surface area (Å²) >= 11 is 6.95. The maximum atomic E-state index is 13.3. The Morgan fingerprint density at radius 1 is 0.742 bits per heavy atom. The van der Waals surface area contributed by atoms with Crippen LogP contribution < -0.4 is 0 Å². The summed E-state index contributed by atoms with van der Waals surface area (Å²) in [6.07, 6.45) is 3.73. The lowest BCUT2D eigenvalue weighted by Crippen LogP contribution is -2.41. The molecule has 0 bridgehead atoms. The molecule has 1 aliphatic rings. The van der Waals surface area contributed by atoms with E-state index in [4.69, 9.17) is 0 Å². The van der Waals surface area contributed by atoms with E-state index in [9.17, 15) is 9.59 Å². The average molecular weight is 537 g/mol. The molecule has 1 amide bonds. The van der Waals surface area contributed by atoms with E-state index >= 15 is 0 Å². The first-order chi connectivity index (χ1) is 15.0. The van der Waals surface area contributed by atoms with Gasteiger partial charge in [-0.1, -0.05) is 74.3 Å². The Balaban J connectivity index is 1.74. The molecule has 3 aromatic carbocycles. The summed E-state index contributed by atoms with van der Waals surface area (Å²) in [6, 6.07) is 24.7. The average Bonchev–Trinajstić information content (AvgIpc) is 2.76.